The van der Waals surface area contributed by atoms with Gasteiger partial charge in [-0.1, -0.05) is 86.0 Å². The molecule has 0 amide bonds. The molecule has 0 saturated carbocycles. The van der Waals surface area contributed by atoms with E-state index in [0.717, 1.165) is 17.5 Å². The van der Waals surface area contributed by atoms with Gasteiger partial charge in [-0.2, -0.15) is 0 Å². The molecule has 0 atom stereocenters. The summed E-state index contributed by atoms with van der Waals surface area (Å²) < 4.78 is 0. The van der Waals surface area contributed by atoms with Crippen molar-refractivity contribution in [2.75, 3.05) is 0 Å². The van der Waals surface area contributed by atoms with Crippen molar-refractivity contribution in [3.63, 3.8) is 0 Å². The van der Waals surface area contributed by atoms with E-state index < -0.39 is 0 Å². The van der Waals surface area contributed by atoms with Gasteiger partial charge >= 0.3 is 0 Å². The van der Waals surface area contributed by atoms with Crippen LogP contribution in [-0.4, -0.2) is 0 Å². The molecule has 0 aliphatic rings. The highest BCUT2D eigenvalue weighted by atomic mass is 13.9. The summed E-state index contributed by atoms with van der Waals surface area (Å²) in [6.07, 6.45) is 6.54. The molecule has 0 saturated heterocycles. The molecule has 0 aliphatic carbocycles. The minimum absolute atomic E-state index is 0.973. The van der Waals surface area contributed by atoms with Crippen LogP contribution in [0.15, 0.2) is 80.4 Å². The molecule has 19 heavy (non-hydrogen) atoms. The van der Waals surface area contributed by atoms with Crippen molar-refractivity contribution < 1.29 is 0 Å². The third-order valence-corrected chi connectivity index (χ3v) is 2.63. The Balaban J connectivity index is 0.000000191. The second-order valence-corrected chi connectivity index (χ2v) is 4.05. The number of hydrogen-bond acceptors (Lipinski definition) is 0. The van der Waals surface area contributed by atoms with E-state index >= 15 is 0 Å². The minimum Gasteiger partial charge on any atom is -0.103 e. The molecule has 2 aromatic rings. The fraction of sp³-hybridized carbons (Fsp3) is 0.0526. The molecule has 96 valence electrons. The van der Waals surface area contributed by atoms with Crippen molar-refractivity contribution in [2.45, 2.75) is 6.42 Å². The van der Waals surface area contributed by atoms with Crippen LogP contribution in [0.25, 0.3) is 12.2 Å². The Bertz CT molecular complexity index is 476. The summed E-state index contributed by atoms with van der Waals surface area (Å²) in [6.45, 7) is 11.0. The highest BCUT2D eigenvalue weighted by Crippen LogP contribution is 2.05. The number of rotatable bonds is 4. The van der Waals surface area contributed by atoms with Crippen molar-refractivity contribution in [2.24, 2.45) is 0 Å². The quantitative estimate of drug-likeness (QED) is 0.636. The Kier molecular flexibility index (Phi) is 6.75. The lowest BCUT2D eigenvalue weighted by molar-refractivity contribution is 1.28. The summed E-state index contributed by atoms with van der Waals surface area (Å²) in [5.41, 5.74) is 3.61. The second-order valence-electron chi connectivity index (χ2n) is 4.05. The lowest BCUT2D eigenvalue weighted by Gasteiger charge is -1.92. The van der Waals surface area contributed by atoms with E-state index in [1.54, 1.807) is 0 Å². The van der Waals surface area contributed by atoms with E-state index in [9.17, 15) is 0 Å². The number of allylic oxidation sites excluding steroid dienone is 1. The molecule has 0 aromatic heterocycles. The van der Waals surface area contributed by atoms with Gasteiger partial charge in [0.15, 0.2) is 0 Å². The minimum atomic E-state index is 0.973. The normalized spacial score (nSPS) is 8.84. The first-order valence-corrected chi connectivity index (χ1v) is 6.30. The van der Waals surface area contributed by atoms with Crippen LogP contribution in [0, 0.1) is 0 Å². The topological polar surface area (TPSA) is 0 Å². The first kappa shape index (κ1) is 14.7. The second kappa shape index (κ2) is 8.71. The molecule has 0 nitrogen and oxygen atoms in total. The maximum atomic E-state index is 3.66. The molecule has 0 heterocycles. The summed E-state index contributed by atoms with van der Waals surface area (Å²) in [6, 6.07) is 18.4. The Morgan fingerprint density at radius 2 is 1.16 bits per heavy atom. The van der Waals surface area contributed by atoms with Crippen LogP contribution >= 0.6 is 0 Å². The SMILES string of the molecule is C=CCc1ccccc1.C=Cc1ccc(C=C)cc1. The van der Waals surface area contributed by atoms with E-state index in [0.29, 0.717) is 0 Å². The van der Waals surface area contributed by atoms with E-state index in [2.05, 4.69) is 31.9 Å². The van der Waals surface area contributed by atoms with E-state index in [4.69, 9.17) is 0 Å². The molecule has 0 unspecified atom stereocenters. The van der Waals surface area contributed by atoms with Crippen molar-refractivity contribution in [3.05, 3.63) is 97.1 Å². The average molecular weight is 248 g/mol. The third kappa shape index (κ3) is 5.69. The predicted molar refractivity (Wildman–Crippen MR) is 87.0 cm³/mol. The molecule has 0 bridgehead atoms. The highest BCUT2D eigenvalue weighted by molar-refractivity contribution is 5.53. The van der Waals surface area contributed by atoms with Crippen LogP contribution in [0.5, 0.6) is 0 Å². The van der Waals surface area contributed by atoms with Crippen LogP contribution in [0.2, 0.25) is 0 Å². The summed E-state index contributed by atoms with van der Waals surface area (Å²) in [5.74, 6) is 0. The summed E-state index contributed by atoms with van der Waals surface area (Å²) in [4.78, 5) is 0. The van der Waals surface area contributed by atoms with E-state index in [1.165, 1.54) is 5.56 Å². The van der Waals surface area contributed by atoms with Gasteiger partial charge in [0.05, 0.1) is 0 Å². The third-order valence-electron chi connectivity index (χ3n) is 2.63. The predicted octanol–water partition coefficient (Wildman–Crippen LogP) is 5.39. The van der Waals surface area contributed by atoms with Gasteiger partial charge in [0.1, 0.15) is 0 Å². The number of benzene rings is 2. The molecule has 0 aliphatic heterocycles. The van der Waals surface area contributed by atoms with Gasteiger partial charge in [-0.15, -0.1) is 6.58 Å². The van der Waals surface area contributed by atoms with Gasteiger partial charge in [-0.05, 0) is 23.1 Å². The van der Waals surface area contributed by atoms with Gasteiger partial charge in [0.2, 0.25) is 0 Å². The zero-order valence-electron chi connectivity index (χ0n) is 11.3. The zero-order chi connectivity index (χ0) is 13.9. The zero-order valence-corrected chi connectivity index (χ0v) is 11.3. The molecular weight excluding hydrogens is 228 g/mol. The Hall–Kier alpha value is -2.34. The molecular formula is C19H20. The van der Waals surface area contributed by atoms with Crippen molar-refractivity contribution in [1.29, 1.82) is 0 Å². The van der Waals surface area contributed by atoms with Crippen molar-refractivity contribution in [3.8, 4) is 0 Å². The van der Waals surface area contributed by atoms with Crippen LogP contribution in [0.3, 0.4) is 0 Å². The molecule has 2 rings (SSSR count). The fourth-order valence-corrected chi connectivity index (χ4v) is 1.55. The maximum Gasteiger partial charge on any atom is -0.0100 e. The summed E-state index contributed by atoms with van der Waals surface area (Å²) >= 11 is 0. The molecule has 2 aromatic carbocycles. The Morgan fingerprint density at radius 3 is 1.53 bits per heavy atom. The van der Waals surface area contributed by atoms with Gasteiger partial charge < -0.3 is 0 Å². The maximum absolute atomic E-state index is 3.66. The average Bonchev–Trinajstić information content (AvgIpc) is 2.49. The Labute approximate surface area is 116 Å². The van der Waals surface area contributed by atoms with Gasteiger partial charge in [0.25, 0.3) is 0 Å². The molecule has 0 heteroatoms. The lowest BCUT2D eigenvalue weighted by Crippen LogP contribution is -1.75. The monoisotopic (exact) mass is 248 g/mol. The first-order chi connectivity index (χ1) is 9.30. The van der Waals surface area contributed by atoms with E-state index in [-0.39, 0.29) is 0 Å². The van der Waals surface area contributed by atoms with Crippen LogP contribution in [0.1, 0.15) is 16.7 Å². The van der Waals surface area contributed by atoms with Crippen LogP contribution < -0.4 is 0 Å². The summed E-state index contributed by atoms with van der Waals surface area (Å²) in [5, 5.41) is 0. The van der Waals surface area contributed by atoms with Crippen molar-refractivity contribution >= 4 is 12.2 Å². The van der Waals surface area contributed by atoms with E-state index in [1.807, 2.05) is 60.7 Å². The lowest BCUT2D eigenvalue weighted by atomic mass is 10.1. The molecule has 0 spiro atoms. The van der Waals surface area contributed by atoms with Gasteiger partial charge in [0, 0.05) is 0 Å². The van der Waals surface area contributed by atoms with Crippen LogP contribution in [0.4, 0.5) is 0 Å². The first-order valence-electron chi connectivity index (χ1n) is 6.30. The van der Waals surface area contributed by atoms with Gasteiger partial charge in [-0.25, -0.2) is 0 Å². The standard InChI is InChI=1S/C10H10.C9H10/c1-3-9-5-7-10(4-2)8-6-9;1-2-6-9-7-4-3-5-8-9/h3-8H,1-2H2;2-5,7-8H,1,6H2. The fourth-order valence-electron chi connectivity index (χ4n) is 1.55. The van der Waals surface area contributed by atoms with Crippen molar-refractivity contribution in [1.82, 2.24) is 0 Å². The molecule has 0 fully saturated rings. The van der Waals surface area contributed by atoms with Crippen LogP contribution in [-0.2, 0) is 6.42 Å². The highest BCUT2D eigenvalue weighted by Gasteiger charge is 1.84. The number of hydrogen-bond donors (Lipinski definition) is 0. The summed E-state index contributed by atoms with van der Waals surface area (Å²) in [7, 11) is 0. The largest absolute Gasteiger partial charge is 0.103 e. The smallest absolute Gasteiger partial charge is 0.0100 e. The Morgan fingerprint density at radius 1 is 0.684 bits per heavy atom. The van der Waals surface area contributed by atoms with Gasteiger partial charge in [-0.3, -0.25) is 0 Å². The molecule has 0 N–H and O–H groups in total. The molecule has 0 radical (unpaired) electrons.